The fourth-order valence-corrected chi connectivity index (χ4v) is 3.59. The minimum atomic E-state index is 0.0314. The molecule has 0 saturated heterocycles. The molecule has 0 unspecified atom stereocenters. The number of benzene rings is 1. The van der Waals surface area contributed by atoms with Crippen molar-refractivity contribution < 1.29 is 14.3 Å². The van der Waals surface area contributed by atoms with Crippen molar-refractivity contribution in [1.29, 1.82) is 0 Å². The summed E-state index contributed by atoms with van der Waals surface area (Å²) < 4.78 is 5.44. The summed E-state index contributed by atoms with van der Waals surface area (Å²) in [4.78, 5) is 31.6. The number of aryl methyl sites for hydroxylation is 1. The van der Waals surface area contributed by atoms with Crippen LogP contribution >= 0.6 is 23.5 Å². The summed E-state index contributed by atoms with van der Waals surface area (Å²) in [6, 6.07) is 3.80. The van der Waals surface area contributed by atoms with E-state index in [1.165, 1.54) is 11.8 Å². The highest BCUT2D eigenvalue weighted by Gasteiger charge is 2.16. The topological polar surface area (TPSA) is 59.0 Å². The Balaban J connectivity index is 2.87. The van der Waals surface area contributed by atoms with Crippen molar-refractivity contribution in [3.8, 4) is 5.75 Å². The van der Waals surface area contributed by atoms with Crippen molar-refractivity contribution in [3.63, 3.8) is 0 Å². The molecule has 7 heteroatoms. The van der Waals surface area contributed by atoms with Gasteiger partial charge in [0, 0.05) is 37.5 Å². The molecule has 0 heterocycles. The van der Waals surface area contributed by atoms with Gasteiger partial charge in [0.05, 0.1) is 17.7 Å². The number of hydrogen-bond donors (Lipinski definition) is 0. The summed E-state index contributed by atoms with van der Waals surface area (Å²) in [5.74, 6) is 0.676. The molecule has 29 heavy (non-hydrogen) atoms. The molecule has 0 spiro atoms. The summed E-state index contributed by atoms with van der Waals surface area (Å²) in [6.45, 7) is 8.90. The van der Waals surface area contributed by atoms with E-state index in [1.807, 2.05) is 44.6 Å². The third-order valence-electron chi connectivity index (χ3n) is 4.38. The van der Waals surface area contributed by atoms with Gasteiger partial charge in [0.15, 0.2) is 5.78 Å². The Morgan fingerprint density at radius 3 is 2.55 bits per heavy atom. The number of aliphatic imine (C=N–C) groups is 1. The van der Waals surface area contributed by atoms with E-state index < -0.39 is 0 Å². The maximum atomic E-state index is 12.8. The monoisotopic (exact) mass is 436 g/mol. The molecule has 0 aromatic heterocycles. The van der Waals surface area contributed by atoms with Crippen LogP contribution in [0.3, 0.4) is 0 Å². The smallest absolute Gasteiger partial charge is 0.219 e. The van der Waals surface area contributed by atoms with Crippen LogP contribution in [0.1, 0.15) is 56.0 Å². The van der Waals surface area contributed by atoms with E-state index in [9.17, 15) is 9.59 Å². The number of rotatable bonds is 11. The molecule has 0 saturated carbocycles. The maximum Gasteiger partial charge on any atom is 0.219 e. The van der Waals surface area contributed by atoms with Gasteiger partial charge in [0.25, 0.3) is 0 Å². The second-order valence-electron chi connectivity index (χ2n) is 6.61. The Bertz CT molecular complexity index is 761. The molecule has 0 aliphatic heterocycles. The van der Waals surface area contributed by atoms with Gasteiger partial charge in [-0.15, -0.1) is 11.8 Å². The van der Waals surface area contributed by atoms with Gasteiger partial charge in [-0.2, -0.15) is 0 Å². The summed E-state index contributed by atoms with van der Waals surface area (Å²) in [7, 11) is 1.58. The second kappa shape index (κ2) is 13.5. The molecule has 0 aliphatic rings. The van der Waals surface area contributed by atoms with Gasteiger partial charge in [-0.3, -0.25) is 14.6 Å². The predicted molar refractivity (Wildman–Crippen MR) is 125 cm³/mol. The molecule has 0 atom stereocenters. The predicted octanol–water partition coefficient (Wildman–Crippen LogP) is 5.57. The second-order valence-corrected chi connectivity index (χ2v) is 8.55. The van der Waals surface area contributed by atoms with E-state index in [-0.39, 0.29) is 11.7 Å². The number of carbonyl (C=O) groups is 2. The summed E-state index contributed by atoms with van der Waals surface area (Å²) in [5.41, 5.74) is 1.63. The van der Waals surface area contributed by atoms with Crippen LogP contribution in [0, 0.1) is 6.92 Å². The lowest BCUT2D eigenvalue weighted by molar-refractivity contribution is -0.128. The van der Waals surface area contributed by atoms with Crippen LogP contribution in [-0.2, 0) is 4.79 Å². The van der Waals surface area contributed by atoms with Crippen molar-refractivity contribution in [2.45, 2.75) is 51.9 Å². The van der Waals surface area contributed by atoms with Gasteiger partial charge in [-0.25, -0.2) is 0 Å². The number of amides is 1. The lowest BCUT2D eigenvalue weighted by Crippen LogP contribution is -2.30. The maximum absolute atomic E-state index is 12.8. The molecule has 1 aromatic rings. The highest BCUT2D eigenvalue weighted by molar-refractivity contribution is 8.13. The van der Waals surface area contributed by atoms with Crippen molar-refractivity contribution in [2.24, 2.45) is 4.99 Å². The van der Waals surface area contributed by atoms with Gasteiger partial charge >= 0.3 is 0 Å². The highest BCUT2D eigenvalue weighted by Crippen LogP contribution is 2.31. The Morgan fingerprint density at radius 1 is 1.24 bits per heavy atom. The van der Waals surface area contributed by atoms with Crippen molar-refractivity contribution in [3.05, 3.63) is 34.9 Å². The average Bonchev–Trinajstić information content (AvgIpc) is 2.70. The molecule has 1 amide bonds. The number of thioether (sulfide) groups is 2. The number of ether oxygens (including phenoxy) is 1. The highest BCUT2D eigenvalue weighted by atomic mass is 32.2. The van der Waals surface area contributed by atoms with Crippen LogP contribution < -0.4 is 4.74 Å². The molecule has 0 N–H and O–H groups in total. The van der Waals surface area contributed by atoms with Crippen molar-refractivity contribution in [1.82, 2.24) is 4.90 Å². The zero-order valence-corrected chi connectivity index (χ0v) is 19.9. The molecule has 1 aromatic carbocycles. The molecule has 0 radical (unpaired) electrons. The third kappa shape index (κ3) is 8.66. The lowest BCUT2D eigenvalue weighted by atomic mass is 10.0. The van der Waals surface area contributed by atoms with Crippen molar-refractivity contribution in [2.75, 3.05) is 26.5 Å². The van der Waals surface area contributed by atoms with E-state index in [1.54, 1.807) is 36.9 Å². The van der Waals surface area contributed by atoms with Gasteiger partial charge < -0.3 is 9.64 Å². The number of nitrogens with zero attached hydrogens (tertiary/aromatic N) is 2. The zero-order valence-electron chi connectivity index (χ0n) is 18.3. The van der Waals surface area contributed by atoms with Gasteiger partial charge in [-0.05, 0) is 56.0 Å². The SMILES string of the molecule is CCCN(CCCC(=O)c1cc(S/C=C/N=C(C)SC)c(C)cc1OC)C(C)=O. The van der Waals surface area contributed by atoms with Gasteiger partial charge in [0.1, 0.15) is 5.75 Å². The third-order valence-corrected chi connectivity index (χ3v) is 6.02. The molecule has 5 nitrogen and oxygen atoms in total. The van der Waals surface area contributed by atoms with E-state index >= 15 is 0 Å². The first-order chi connectivity index (χ1) is 13.8. The Hall–Kier alpha value is -1.73. The van der Waals surface area contributed by atoms with Crippen LogP contribution in [0.5, 0.6) is 5.75 Å². The molecule has 1 rings (SSSR count). The first kappa shape index (κ1) is 25.3. The standard InChI is InChI=1S/C22H32N2O3S2/c1-7-11-24(18(4)25)12-8-9-20(26)19-15-22(16(2)14-21(19)27-5)29-13-10-23-17(3)28-6/h10,13-15H,7-9,11-12H2,1-6H3/b13-10+,23-17?. The fourth-order valence-electron chi connectivity index (χ4n) is 2.73. The molecular formula is C22H32N2O3S2. The summed E-state index contributed by atoms with van der Waals surface area (Å²) >= 11 is 3.14. The van der Waals surface area contributed by atoms with E-state index in [2.05, 4.69) is 4.99 Å². The molecule has 0 fully saturated rings. The summed E-state index contributed by atoms with van der Waals surface area (Å²) in [6.07, 6.45) is 5.69. The van der Waals surface area contributed by atoms with Crippen molar-refractivity contribution >= 4 is 40.3 Å². The van der Waals surface area contributed by atoms with Gasteiger partial charge in [-0.1, -0.05) is 18.7 Å². The van der Waals surface area contributed by atoms with Crippen LogP contribution in [-0.4, -0.2) is 48.1 Å². The lowest BCUT2D eigenvalue weighted by Gasteiger charge is -2.20. The minimum absolute atomic E-state index is 0.0314. The first-order valence-electron chi connectivity index (χ1n) is 9.71. The Kier molecular flexibility index (Phi) is 11.8. The minimum Gasteiger partial charge on any atom is -0.496 e. The van der Waals surface area contributed by atoms with E-state index in [4.69, 9.17) is 4.74 Å². The number of methoxy groups -OCH3 is 1. The van der Waals surface area contributed by atoms with Crippen LogP contribution in [0.2, 0.25) is 0 Å². The number of Topliss-reactive ketones (excluding diaryl/α,β-unsaturated/α-hetero) is 1. The Labute approximate surface area is 183 Å². The molecule has 0 aliphatic carbocycles. The molecule has 160 valence electrons. The van der Waals surface area contributed by atoms with Gasteiger partial charge in [0.2, 0.25) is 5.91 Å². The number of carbonyl (C=O) groups excluding carboxylic acids is 2. The fraction of sp³-hybridized carbons (Fsp3) is 0.500. The average molecular weight is 437 g/mol. The van der Waals surface area contributed by atoms with E-state index in [0.717, 1.165) is 28.5 Å². The van der Waals surface area contributed by atoms with Crippen LogP contribution in [0.15, 0.2) is 33.6 Å². The molecular weight excluding hydrogens is 404 g/mol. The number of ketones is 1. The van der Waals surface area contributed by atoms with Crippen LogP contribution in [0.4, 0.5) is 0 Å². The Morgan fingerprint density at radius 2 is 1.97 bits per heavy atom. The zero-order chi connectivity index (χ0) is 21.8. The van der Waals surface area contributed by atoms with E-state index in [0.29, 0.717) is 30.7 Å². The molecule has 0 bridgehead atoms. The number of hydrogen-bond acceptors (Lipinski definition) is 6. The first-order valence-corrected chi connectivity index (χ1v) is 11.8. The largest absolute Gasteiger partial charge is 0.496 e. The quantitative estimate of drug-likeness (QED) is 0.196. The summed E-state index contributed by atoms with van der Waals surface area (Å²) in [5, 5.41) is 2.91. The van der Waals surface area contributed by atoms with Crippen LogP contribution in [0.25, 0.3) is 0 Å². The normalized spacial score (nSPS) is 11.7.